The number of fused-ring (bicyclic) bond motifs is 2. The van der Waals surface area contributed by atoms with Crippen molar-refractivity contribution in [3.05, 3.63) is 35.5 Å². The minimum atomic E-state index is -0.977. The highest BCUT2D eigenvalue weighted by molar-refractivity contribution is 5.91. The predicted octanol–water partition coefficient (Wildman–Crippen LogP) is 2.22. The number of aliphatic hydroxyl groups excluding tert-OH is 1. The van der Waals surface area contributed by atoms with E-state index in [-0.39, 0.29) is 11.7 Å². The van der Waals surface area contributed by atoms with Crippen LogP contribution in [0.2, 0.25) is 0 Å². The van der Waals surface area contributed by atoms with Crippen molar-refractivity contribution in [3.8, 4) is 0 Å². The Hall–Kier alpha value is -1.92. The smallest absolute Gasteiger partial charge is 0.334 e. The van der Waals surface area contributed by atoms with Crippen molar-refractivity contribution in [2.24, 2.45) is 5.92 Å². The maximum absolute atomic E-state index is 12.4. The fourth-order valence-corrected chi connectivity index (χ4v) is 3.73. The number of hydrogen-bond acceptors (Lipinski definition) is 6. The largest absolute Gasteiger partial charge is 0.458 e. The monoisotopic (exact) mass is 362 g/mol. The summed E-state index contributed by atoms with van der Waals surface area (Å²) in [5.41, 5.74) is 0.963. The second-order valence-corrected chi connectivity index (χ2v) is 7.59. The van der Waals surface area contributed by atoms with Gasteiger partial charge in [-0.15, -0.1) is 0 Å². The van der Waals surface area contributed by atoms with Crippen LogP contribution in [0.25, 0.3) is 0 Å². The fourth-order valence-electron chi connectivity index (χ4n) is 3.73. The van der Waals surface area contributed by atoms with Gasteiger partial charge in [0, 0.05) is 17.6 Å². The van der Waals surface area contributed by atoms with Gasteiger partial charge in [0.25, 0.3) is 0 Å². The Morgan fingerprint density at radius 1 is 1.50 bits per heavy atom. The van der Waals surface area contributed by atoms with Crippen LogP contribution in [0.4, 0.5) is 0 Å². The second kappa shape index (κ2) is 6.67. The highest BCUT2D eigenvalue weighted by Gasteiger charge is 2.57. The molecule has 0 saturated carbocycles. The molecule has 2 saturated heterocycles. The first-order valence-corrected chi connectivity index (χ1v) is 8.94. The van der Waals surface area contributed by atoms with Crippen LogP contribution in [-0.4, -0.2) is 47.1 Å². The normalized spacial score (nSPS) is 42.1. The van der Waals surface area contributed by atoms with Crippen molar-refractivity contribution in [2.75, 3.05) is 0 Å². The molecule has 0 amide bonds. The van der Waals surface area contributed by atoms with Crippen molar-refractivity contribution < 1.29 is 28.9 Å². The number of rotatable bonds is 2. The summed E-state index contributed by atoms with van der Waals surface area (Å²) >= 11 is 0. The van der Waals surface area contributed by atoms with Crippen molar-refractivity contribution in [2.45, 2.75) is 70.6 Å². The van der Waals surface area contributed by atoms with Gasteiger partial charge >= 0.3 is 11.9 Å². The highest BCUT2D eigenvalue weighted by atomic mass is 16.6. The zero-order valence-electron chi connectivity index (χ0n) is 15.7. The molecule has 0 aromatic heterocycles. The van der Waals surface area contributed by atoms with Crippen LogP contribution in [-0.2, 0) is 23.8 Å². The second-order valence-electron chi connectivity index (χ2n) is 7.59. The predicted molar refractivity (Wildman–Crippen MR) is 94.1 cm³/mol. The Labute approximate surface area is 153 Å². The van der Waals surface area contributed by atoms with Crippen molar-refractivity contribution in [3.63, 3.8) is 0 Å². The Morgan fingerprint density at radius 3 is 2.85 bits per heavy atom. The number of esters is 2. The summed E-state index contributed by atoms with van der Waals surface area (Å²) in [6.07, 6.45) is 2.18. The zero-order valence-corrected chi connectivity index (χ0v) is 15.7. The van der Waals surface area contributed by atoms with Crippen LogP contribution < -0.4 is 0 Å². The lowest BCUT2D eigenvalue weighted by molar-refractivity contribution is -0.151. The van der Waals surface area contributed by atoms with E-state index < -0.39 is 41.8 Å². The molecule has 6 atom stereocenters. The van der Waals surface area contributed by atoms with Crippen LogP contribution in [0.3, 0.4) is 0 Å². The minimum absolute atomic E-state index is 0.00324. The molecule has 6 heteroatoms. The Bertz CT molecular complexity index is 705. The summed E-state index contributed by atoms with van der Waals surface area (Å²) in [4.78, 5) is 24.5. The maximum atomic E-state index is 12.4. The van der Waals surface area contributed by atoms with Gasteiger partial charge in [-0.05, 0) is 39.7 Å². The Kier molecular flexibility index (Phi) is 4.84. The van der Waals surface area contributed by atoms with Crippen LogP contribution in [0, 0.1) is 5.92 Å². The zero-order chi connectivity index (χ0) is 19.2. The maximum Gasteiger partial charge on any atom is 0.334 e. The minimum Gasteiger partial charge on any atom is -0.458 e. The molecule has 0 unspecified atom stereocenters. The molecule has 26 heavy (non-hydrogen) atoms. The van der Waals surface area contributed by atoms with Gasteiger partial charge in [0.05, 0.1) is 17.6 Å². The number of allylic oxidation sites excluding steroid dienone is 1. The third-order valence-corrected chi connectivity index (χ3v) is 5.75. The van der Waals surface area contributed by atoms with Gasteiger partial charge in [-0.1, -0.05) is 18.7 Å². The van der Waals surface area contributed by atoms with E-state index in [0.717, 1.165) is 0 Å². The molecule has 2 fully saturated rings. The van der Waals surface area contributed by atoms with Gasteiger partial charge < -0.3 is 19.3 Å². The van der Waals surface area contributed by atoms with E-state index in [1.807, 2.05) is 13.0 Å². The van der Waals surface area contributed by atoms with Crippen LogP contribution in [0.1, 0.15) is 40.5 Å². The van der Waals surface area contributed by atoms with Crippen LogP contribution in [0.5, 0.6) is 0 Å². The van der Waals surface area contributed by atoms with Crippen molar-refractivity contribution in [1.82, 2.24) is 0 Å². The Balaban J connectivity index is 1.98. The van der Waals surface area contributed by atoms with E-state index in [1.54, 1.807) is 26.8 Å². The molecule has 1 aliphatic carbocycles. The van der Waals surface area contributed by atoms with Gasteiger partial charge in [-0.25, -0.2) is 9.59 Å². The van der Waals surface area contributed by atoms with Gasteiger partial charge in [0.2, 0.25) is 0 Å². The first-order valence-electron chi connectivity index (χ1n) is 8.94. The number of ether oxygens (including phenoxy) is 3. The molecular weight excluding hydrogens is 336 g/mol. The summed E-state index contributed by atoms with van der Waals surface area (Å²) in [7, 11) is 0. The van der Waals surface area contributed by atoms with Gasteiger partial charge in [0.15, 0.2) is 0 Å². The topological polar surface area (TPSA) is 85.4 Å². The van der Waals surface area contributed by atoms with Crippen molar-refractivity contribution in [1.29, 1.82) is 0 Å². The van der Waals surface area contributed by atoms with E-state index in [2.05, 4.69) is 6.58 Å². The lowest BCUT2D eigenvalue weighted by atomic mass is 9.80. The summed E-state index contributed by atoms with van der Waals surface area (Å²) < 4.78 is 17.0. The molecule has 2 aliphatic heterocycles. The quantitative estimate of drug-likeness (QED) is 0.351. The van der Waals surface area contributed by atoms with Crippen LogP contribution >= 0.6 is 0 Å². The average molecular weight is 362 g/mol. The molecule has 0 aromatic rings. The number of carbonyl (C=O) groups excluding carboxylic acids is 2. The molecular formula is C20H26O6. The highest BCUT2D eigenvalue weighted by Crippen LogP contribution is 2.47. The number of epoxide rings is 1. The Morgan fingerprint density at radius 2 is 2.19 bits per heavy atom. The van der Waals surface area contributed by atoms with Crippen molar-refractivity contribution >= 4 is 11.9 Å². The lowest BCUT2D eigenvalue weighted by Gasteiger charge is -2.31. The molecule has 2 heterocycles. The summed E-state index contributed by atoms with van der Waals surface area (Å²) in [5, 5.41) is 10.7. The molecule has 0 aromatic carbocycles. The van der Waals surface area contributed by atoms with E-state index in [9.17, 15) is 14.7 Å². The van der Waals surface area contributed by atoms with E-state index in [1.165, 1.54) is 0 Å². The van der Waals surface area contributed by atoms with E-state index in [0.29, 0.717) is 24.0 Å². The molecule has 0 radical (unpaired) electrons. The van der Waals surface area contributed by atoms with Gasteiger partial charge in [-0.2, -0.15) is 0 Å². The first kappa shape index (κ1) is 18.9. The summed E-state index contributed by atoms with van der Waals surface area (Å²) in [6.45, 7) is 11.0. The third kappa shape index (κ3) is 3.23. The van der Waals surface area contributed by atoms with E-state index >= 15 is 0 Å². The average Bonchev–Trinajstić information content (AvgIpc) is 3.15. The lowest BCUT2D eigenvalue weighted by Crippen LogP contribution is -2.42. The molecule has 0 bridgehead atoms. The molecule has 3 rings (SSSR count). The number of hydrogen-bond donors (Lipinski definition) is 1. The van der Waals surface area contributed by atoms with Crippen LogP contribution in [0.15, 0.2) is 35.5 Å². The molecule has 142 valence electrons. The summed E-state index contributed by atoms with van der Waals surface area (Å²) in [5.74, 6) is -1.63. The standard InChI is InChI=1S/C20H26O6/c1-6-10(2)18(22)24-13-9-20(5)14(26-20)8-7-11(3)16(21)17-15(13)12(4)19(23)25-17/h6-7,13-17,21H,4,8-9H2,1-3,5H3/b10-6-,11-7-/t13-,14+,15+,16+,17-,20-/m0/s1. The fraction of sp³-hybridized carbons (Fsp3) is 0.600. The summed E-state index contributed by atoms with van der Waals surface area (Å²) in [6, 6.07) is 0. The molecule has 0 spiro atoms. The third-order valence-electron chi connectivity index (χ3n) is 5.75. The number of carbonyl (C=O) groups is 2. The SMILES string of the molecule is C=C1C(=O)O[C@H]2[C@H]1[C@@H](OC(=O)/C(C)=C\C)C[C@]1(C)O[C@@H]1C/C=C(/C)[C@H]2O. The molecule has 6 nitrogen and oxygen atoms in total. The molecule has 1 N–H and O–H groups in total. The number of aliphatic hydroxyl groups is 1. The van der Waals surface area contributed by atoms with Gasteiger partial charge in [0.1, 0.15) is 18.3 Å². The molecule has 3 aliphatic rings. The van der Waals surface area contributed by atoms with Gasteiger partial charge in [-0.3, -0.25) is 0 Å². The first-order chi connectivity index (χ1) is 12.2. The van der Waals surface area contributed by atoms with E-state index in [4.69, 9.17) is 14.2 Å².